The Balaban J connectivity index is 1.50. The predicted octanol–water partition coefficient (Wildman–Crippen LogP) is 8.03. The number of nitrogens with one attached hydrogen (secondary N) is 2. The van der Waals surface area contributed by atoms with E-state index in [1.807, 2.05) is 102 Å². The zero-order chi connectivity index (χ0) is 36.4. The van der Waals surface area contributed by atoms with E-state index >= 15 is 0 Å². The molecule has 4 aromatic carbocycles. The fraction of sp³-hybridized carbons (Fsp3) is 0.308. The van der Waals surface area contributed by atoms with E-state index in [4.69, 9.17) is 14.5 Å². The van der Waals surface area contributed by atoms with Crippen molar-refractivity contribution in [2.45, 2.75) is 70.7 Å². The maximum absolute atomic E-state index is 12.2. The molecule has 0 aliphatic heterocycles. The number of nitrogens with zero attached hydrogens (tertiary/aromatic N) is 2. The van der Waals surface area contributed by atoms with E-state index in [-0.39, 0.29) is 4.90 Å². The van der Waals surface area contributed by atoms with Crippen molar-refractivity contribution in [3.05, 3.63) is 96.1 Å². The second-order valence-corrected chi connectivity index (χ2v) is 16.3. The van der Waals surface area contributed by atoms with Crippen LogP contribution in [0.5, 0.6) is 0 Å². The van der Waals surface area contributed by atoms with Crippen LogP contribution in [0.2, 0.25) is 0 Å². The van der Waals surface area contributed by atoms with Gasteiger partial charge in [-0.3, -0.25) is 0 Å². The number of sulfone groups is 1. The number of imidazole rings is 1. The summed E-state index contributed by atoms with van der Waals surface area (Å²) in [6, 6.07) is 26.9. The summed E-state index contributed by atoms with van der Waals surface area (Å²) in [5, 5.41) is 5.60. The number of aromatic nitrogens is 2. The summed E-state index contributed by atoms with van der Waals surface area (Å²) in [4.78, 5) is 29.7. The molecule has 1 heterocycles. The molecule has 0 unspecified atom stereocenters. The van der Waals surface area contributed by atoms with Crippen LogP contribution in [-0.2, 0) is 39.4 Å². The number of ether oxygens (including phenoxy) is 2. The van der Waals surface area contributed by atoms with E-state index < -0.39 is 33.2 Å². The van der Waals surface area contributed by atoms with Gasteiger partial charge in [-0.2, -0.15) is 0 Å². The van der Waals surface area contributed by atoms with Crippen LogP contribution >= 0.6 is 0 Å². The summed E-state index contributed by atoms with van der Waals surface area (Å²) < 4.78 is 36.9. The zero-order valence-corrected chi connectivity index (χ0v) is 30.6. The number of benzene rings is 4. The van der Waals surface area contributed by atoms with Crippen LogP contribution in [0.15, 0.2) is 89.8 Å². The van der Waals surface area contributed by atoms with Gasteiger partial charge in [0, 0.05) is 37.5 Å². The molecule has 50 heavy (non-hydrogen) atoms. The zero-order valence-electron chi connectivity index (χ0n) is 29.7. The fourth-order valence-electron chi connectivity index (χ4n) is 5.38. The van der Waals surface area contributed by atoms with Gasteiger partial charge in [0.15, 0.2) is 9.84 Å². The Morgan fingerprint density at radius 1 is 0.680 bits per heavy atom. The van der Waals surface area contributed by atoms with E-state index in [1.54, 1.807) is 24.3 Å². The molecule has 0 atom stereocenters. The Morgan fingerprint density at radius 3 is 1.60 bits per heavy atom. The molecule has 0 aliphatic carbocycles. The van der Waals surface area contributed by atoms with Gasteiger partial charge in [0.05, 0.1) is 15.9 Å². The first kappa shape index (κ1) is 36.1. The summed E-state index contributed by atoms with van der Waals surface area (Å²) in [7, 11) is -1.40. The Kier molecular flexibility index (Phi) is 10.1. The topological polar surface area (TPSA) is 129 Å². The van der Waals surface area contributed by atoms with Gasteiger partial charge in [0.1, 0.15) is 17.0 Å². The smallest absolute Gasteiger partial charge is 0.407 e. The molecule has 0 spiro atoms. The van der Waals surface area contributed by atoms with E-state index in [9.17, 15) is 18.0 Å². The molecular formula is C39H44N4O6S. The highest BCUT2D eigenvalue weighted by molar-refractivity contribution is 7.90. The molecule has 0 bridgehead atoms. The lowest BCUT2D eigenvalue weighted by molar-refractivity contribution is 0.0512. The van der Waals surface area contributed by atoms with Crippen molar-refractivity contribution in [3.8, 4) is 33.6 Å². The molecule has 5 rings (SSSR count). The predicted molar refractivity (Wildman–Crippen MR) is 196 cm³/mol. The Bertz CT molecular complexity index is 2120. The maximum atomic E-state index is 12.2. The van der Waals surface area contributed by atoms with Crippen molar-refractivity contribution in [2.24, 2.45) is 7.05 Å². The van der Waals surface area contributed by atoms with Gasteiger partial charge in [-0.05, 0) is 106 Å². The molecular weight excluding hydrogens is 653 g/mol. The van der Waals surface area contributed by atoms with Crippen molar-refractivity contribution in [1.29, 1.82) is 0 Å². The number of hydrogen-bond acceptors (Lipinski definition) is 7. The van der Waals surface area contributed by atoms with Crippen LogP contribution in [0.3, 0.4) is 0 Å². The summed E-state index contributed by atoms with van der Waals surface area (Å²) in [6.07, 6.45) is 0.239. The van der Waals surface area contributed by atoms with Crippen molar-refractivity contribution in [2.75, 3.05) is 6.26 Å². The van der Waals surface area contributed by atoms with Gasteiger partial charge in [0.25, 0.3) is 0 Å². The number of rotatable bonds is 8. The molecule has 0 saturated heterocycles. The van der Waals surface area contributed by atoms with E-state index in [0.717, 1.165) is 50.0 Å². The van der Waals surface area contributed by atoms with Crippen LogP contribution < -0.4 is 10.6 Å². The Morgan fingerprint density at radius 2 is 1.14 bits per heavy atom. The van der Waals surface area contributed by atoms with Crippen molar-refractivity contribution in [1.82, 2.24) is 20.2 Å². The number of hydrogen-bond donors (Lipinski definition) is 2. The van der Waals surface area contributed by atoms with Gasteiger partial charge in [-0.1, -0.05) is 48.5 Å². The van der Waals surface area contributed by atoms with Gasteiger partial charge in [-0.25, -0.2) is 23.0 Å². The van der Waals surface area contributed by atoms with E-state index in [2.05, 4.69) is 22.8 Å². The van der Waals surface area contributed by atoms with Crippen LogP contribution in [0.25, 0.3) is 44.7 Å². The number of aryl methyl sites for hydroxylation is 1. The third kappa shape index (κ3) is 9.09. The first-order valence-corrected chi connectivity index (χ1v) is 18.2. The molecule has 0 fully saturated rings. The second-order valence-electron chi connectivity index (χ2n) is 14.3. The first-order chi connectivity index (χ1) is 23.4. The number of carbonyl (C=O) groups excluding carboxylic acids is 2. The van der Waals surface area contributed by atoms with Crippen molar-refractivity contribution in [3.63, 3.8) is 0 Å². The molecule has 10 nitrogen and oxygen atoms in total. The minimum absolute atomic E-state index is 0.244. The molecule has 2 amide bonds. The van der Waals surface area contributed by atoms with Crippen LogP contribution in [0.1, 0.15) is 52.7 Å². The van der Waals surface area contributed by atoms with Gasteiger partial charge >= 0.3 is 12.2 Å². The van der Waals surface area contributed by atoms with Crippen molar-refractivity contribution >= 4 is 33.1 Å². The van der Waals surface area contributed by atoms with Crippen LogP contribution in [0.4, 0.5) is 9.59 Å². The lowest BCUT2D eigenvalue weighted by Crippen LogP contribution is -2.32. The summed E-state index contributed by atoms with van der Waals surface area (Å²) in [5.41, 5.74) is 6.95. The van der Waals surface area contributed by atoms with Crippen LogP contribution in [-0.4, -0.2) is 47.6 Å². The van der Waals surface area contributed by atoms with Gasteiger partial charge < -0.3 is 24.7 Å². The van der Waals surface area contributed by atoms with Crippen molar-refractivity contribution < 1.29 is 27.5 Å². The quantitative estimate of drug-likeness (QED) is 0.168. The fourth-order valence-corrected chi connectivity index (χ4v) is 6.01. The number of fused-ring (bicyclic) bond motifs is 1. The molecule has 1 aromatic heterocycles. The van der Waals surface area contributed by atoms with Gasteiger partial charge in [0.2, 0.25) is 0 Å². The van der Waals surface area contributed by atoms with Gasteiger partial charge in [-0.15, -0.1) is 0 Å². The molecule has 0 radical (unpaired) electrons. The third-order valence-electron chi connectivity index (χ3n) is 7.75. The molecule has 11 heteroatoms. The van der Waals surface area contributed by atoms with E-state index in [1.165, 1.54) is 6.26 Å². The Hall–Kier alpha value is -5.16. The highest BCUT2D eigenvalue weighted by Gasteiger charge is 2.19. The average Bonchev–Trinajstić information content (AvgIpc) is 3.37. The molecule has 2 N–H and O–H groups in total. The highest BCUT2D eigenvalue weighted by Crippen LogP contribution is 2.36. The lowest BCUT2D eigenvalue weighted by Gasteiger charge is -2.19. The summed E-state index contributed by atoms with van der Waals surface area (Å²) >= 11 is 0. The molecule has 0 aliphatic rings. The standard InChI is InChI=1S/C39H44N4O6S/c1-38(2,3)48-36(44)40-23-25-9-13-27(14-10-25)30-21-32(28-15-11-26(12-16-28)24-41-37(45)49-39(4,5)6)34-33(22-30)43(7)35(42-34)29-17-19-31(20-18-29)50(8,46)47/h9-22H,23-24H2,1-8H3,(H,40,44)(H,41,45). The monoisotopic (exact) mass is 696 g/mol. The normalized spacial score (nSPS) is 12.1. The third-order valence-corrected chi connectivity index (χ3v) is 8.88. The lowest BCUT2D eigenvalue weighted by atomic mass is 9.96. The number of amides is 2. The number of alkyl carbamates (subject to hydrolysis) is 2. The van der Waals surface area contributed by atoms with Crippen LogP contribution in [0, 0.1) is 0 Å². The highest BCUT2D eigenvalue weighted by atomic mass is 32.2. The summed E-state index contributed by atoms with van der Waals surface area (Å²) in [6.45, 7) is 11.6. The van der Waals surface area contributed by atoms with E-state index in [0.29, 0.717) is 18.9 Å². The average molecular weight is 697 g/mol. The Labute approximate surface area is 293 Å². The molecule has 262 valence electrons. The maximum Gasteiger partial charge on any atom is 0.407 e. The minimum Gasteiger partial charge on any atom is -0.444 e. The second kappa shape index (κ2) is 14.0. The number of carbonyl (C=O) groups is 2. The minimum atomic E-state index is -3.34. The SMILES string of the molecule is Cn1c(-c2ccc(S(C)(=O)=O)cc2)nc2c(-c3ccc(CNC(=O)OC(C)(C)C)cc3)cc(-c3ccc(CNC(=O)OC(C)(C)C)cc3)cc21. The molecule has 5 aromatic rings. The molecule has 0 saturated carbocycles. The largest absolute Gasteiger partial charge is 0.444 e. The first-order valence-electron chi connectivity index (χ1n) is 16.3. The summed E-state index contributed by atoms with van der Waals surface area (Å²) in [5.74, 6) is 0.695.